The number of aromatic hydroxyl groups is 3. The maximum atomic E-state index is 14.1. The second-order valence-corrected chi connectivity index (χ2v) is 35.9. The van der Waals surface area contributed by atoms with Crippen molar-refractivity contribution in [1.29, 1.82) is 0 Å². The highest BCUT2D eigenvalue weighted by Crippen LogP contribution is 2.59. The van der Waals surface area contributed by atoms with Crippen molar-refractivity contribution in [1.82, 2.24) is 24.5 Å². The van der Waals surface area contributed by atoms with Crippen molar-refractivity contribution < 1.29 is 114 Å². The monoisotopic (exact) mass is 1690 g/mol. The number of aliphatic hydroxyl groups excluding tert-OH is 6. The molecular weight excluding hydrogens is 1590 g/mol. The van der Waals surface area contributed by atoms with Crippen molar-refractivity contribution in [2.24, 2.45) is 58.6 Å². The number of hydrogen-bond donors (Lipinski definition) is 16. The normalized spacial score (nSPS) is 27.2. The van der Waals surface area contributed by atoms with Gasteiger partial charge in [0.05, 0.1) is 47.9 Å². The average Bonchev–Trinajstić information content (AvgIpc) is 1.61. The number of likely N-dealkylation sites (tertiary alicyclic amines) is 1. The first kappa shape index (κ1) is 87.3. The number of amides is 4. The van der Waals surface area contributed by atoms with E-state index in [-0.39, 0.29) is 101 Å². The van der Waals surface area contributed by atoms with E-state index in [4.69, 9.17) is 21.6 Å². The van der Waals surface area contributed by atoms with E-state index in [1.807, 2.05) is 64.0 Å². The number of carbonyl (C=O) groups is 10. The first-order chi connectivity index (χ1) is 57.7. The van der Waals surface area contributed by atoms with Crippen LogP contribution >= 0.6 is 0 Å². The summed E-state index contributed by atoms with van der Waals surface area (Å²) in [4.78, 5) is 139. The number of benzene rings is 4. The van der Waals surface area contributed by atoms with Gasteiger partial charge >= 0.3 is 0 Å². The number of anilines is 1. The molecule has 5 aromatic rings. The molecule has 1 aliphatic heterocycles. The number of phenolic OH excluding ortho intramolecular Hbond substituents is 3. The molecule has 12 atom stereocenters. The number of nitrogens with one attached hydrogen (secondary N) is 1. The van der Waals surface area contributed by atoms with E-state index in [0.717, 1.165) is 50.1 Å². The van der Waals surface area contributed by atoms with Gasteiger partial charge in [-0.15, -0.1) is 0 Å². The Morgan fingerprint density at radius 1 is 0.528 bits per heavy atom. The Kier molecular flexibility index (Phi) is 22.5. The number of nitrogens with zero attached hydrogens (tertiary/aromatic N) is 5. The lowest BCUT2D eigenvalue weighted by atomic mass is 9.57. The van der Waals surface area contributed by atoms with E-state index in [9.17, 15) is 109 Å². The van der Waals surface area contributed by atoms with Crippen LogP contribution in [-0.4, -0.2) is 255 Å². The Hall–Kier alpha value is -12.1. The lowest BCUT2D eigenvalue weighted by molar-refractivity contribution is -0.155. The van der Waals surface area contributed by atoms with Gasteiger partial charge in [0.1, 0.15) is 80.0 Å². The maximum Gasteiger partial charge on any atom is 0.255 e. The van der Waals surface area contributed by atoms with Crippen LogP contribution in [0.5, 0.6) is 17.2 Å². The Morgan fingerprint density at radius 3 is 1.32 bits per heavy atom. The molecule has 0 bridgehead atoms. The molecule has 4 saturated carbocycles. The van der Waals surface area contributed by atoms with Crippen molar-refractivity contribution in [2.75, 3.05) is 81.3 Å². The van der Waals surface area contributed by atoms with Gasteiger partial charge in [-0.2, -0.15) is 0 Å². The molecule has 32 nitrogen and oxygen atoms in total. The summed E-state index contributed by atoms with van der Waals surface area (Å²) in [5.74, 6) is -12.7. The molecule has 0 spiro atoms. The van der Waals surface area contributed by atoms with Gasteiger partial charge in [0.15, 0.2) is 34.2 Å². The number of Topliss-reactive ketones (excluding diaryl/α,β-unsaturated/α-hetero) is 6. The minimum absolute atomic E-state index is 0.00694. The number of carbonyl (C=O) groups excluding carboxylic acids is 10. The van der Waals surface area contributed by atoms with Gasteiger partial charge < -0.3 is 88.2 Å². The average molecular weight is 1690 g/mol. The van der Waals surface area contributed by atoms with Crippen LogP contribution in [0, 0.1) is 53.3 Å². The molecule has 123 heavy (non-hydrogen) atoms. The third-order valence-corrected chi connectivity index (χ3v) is 26.3. The molecule has 16 rings (SSSR count). The minimum Gasteiger partial charge on any atom is -0.508 e. The third-order valence-electron chi connectivity index (χ3n) is 26.3. The molecule has 2 heterocycles. The molecule has 1 aromatic heterocycles. The molecule has 648 valence electrons. The Balaban J connectivity index is 0.000000150. The molecular formula is C91H101N9O23. The van der Waals surface area contributed by atoms with Crippen LogP contribution in [0.15, 0.2) is 122 Å². The highest BCUT2D eigenvalue weighted by Gasteiger charge is 2.68. The number of phenols is 3. The summed E-state index contributed by atoms with van der Waals surface area (Å²) in [6, 6.07) is 15.5. The zero-order chi connectivity index (χ0) is 89.7. The van der Waals surface area contributed by atoms with Crippen molar-refractivity contribution in [3.05, 3.63) is 168 Å². The van der Waals surface area contributed by atoms with Gasteiger partial charge in [-0.05, 0) is 233 Å². The smallest absolute Gasteiger partial charge is 0.255 e. The Labute approximate surface area is 707 Å². The van der Waals surface area contributed by atoms with Gasteiger partial charge in [-0.1, -0.05) is 50.8 Å². The highest BCUT2D eigenvalue weighted by atomic mass is 16.4. The Morgan fingerprint density at radius 2 is 0.927 bits per heavy atom. The van der Waals surface area contributed by atoms with E-state index in [1.54, 1.807) is 72.6 Å². The number of aliphatic hydroxyl groups is 9. The number of primary amides is 3. The van der Waals surface area contributed by atoms with Gasteiger partial charge in [-0.25, -0.2) is 0 Å². The van der Waals surface area contributed by atoms with E-state index in [0.29, 0.717) is 63.5 Å². The summed E-state index contributed by atoms with van der Waals surface area (Å²) in [5.41, 5.74) is 10.1. The van der Waals surface area contributed by atoms with Crippen LogP contribution in [0.1, 0.15) is 116 Å². The first-order valence-corrected chi connectivity index (χ1v) is 40.6. The topological polar surface area (TPSA) is 533 Å². The summed E-state index contributed by atoms with van der Waals surface area (Å²) in [7, 11) is 13.2. The maximum absolute atomic E-state index is 14.1. The molecule has 5 fully saturated rings. The van der Waals surface area contributed by atoms with Crippen molar-refractivity contribution in [2.45, 2.75) is 132 Å². The summed E-state index contributed by atoms with van der Waals surface area (Å²) in [6.07, 6.45) is 4.70. The second kappa shape index (κ2) is 31.7. The highest BCUT2D eigenvalue weighted by molar-refractivity contribution is 6.27. The van der Waals surface area contributed by atoms with Crippen LogP contribution in [0.4, 0.5) is 5.69 Å². The van der Waals surface area contributed by atoms with Crippen molar-refractivity contribution in [3.8, 4) is 51.5 Å². The second-order valence-electron chi connectivity index (χ2n) is 35.9. The number of ketones is 6. The van der Waals surface area contributed by atoms with Crippen LogP contribution in [0.25, 0.3) is 39.7 Å². The number of nitrogens with two attached hydrogens (primary N) is 3. The molecule has 1 saturated heterocycles. The van der Waals surface area contributed by atoms with Crippen LogP contribution in [-0.2, 0) is 79.2 Å². The van der Waals surface area contributed by atoms with E-state index >= 15 is 0 Å². The number of rotatable bonds is 13. The molecule has 0 unspecified atom stereocenters. The molecule has 4 amide bonds. The van der Waals surface area contributed by atoms with Gasteiger partial charge in [0.25, 0.3) is 17.7 Å². The van der Waals surface area contributed by atoms with E-state index in [1.165, 1.54) is 26.8 Å². The first-order valence-electron chi connectivity index (χ1n) is 40.6. The number of furan rings is 1. The summed E-state index contributed by atoms with van der Waals surface area (Å²) in [6.45, 7) is 8.87. The predicted octanol–water partition coefficient (Wildman–Crippen LogP) is 4.97. The fraction of sp³-hybridized carbons (Fsp3) is 0.429. The van der Waals surface area contributed by atoms with Crippen LogP contribution < -0.4 is 22.5 Å². The fourth-order valence-corrected chi connectivity index (χ4v) is 20.4. The van der Waals surface area contributed by atoms with E-state index < -0.39 is 180 Å². The Bertz CT molecular complexity index is 5730. The third kappa shape index (κ3) is 14.1. The lowest BCUT2D eigenvalue weighted by Gasteiger charge is -2.50. The molecule has 11 aliphatic rings. The summed E-state index contributed by atoms with van der Waals surface area (Å²) >= 11 is 0. The van der Waals surface area contributed by atoms with Crippen molar-refractivity contribution in [3.63, 3.8) is 0 Å². The van der Waals surface area contributed by atoms with Crippen LogP contribution in [0.3, 0.4) is 0 Å². The number of hydrogen-bond acceptors (Lipinski definition) is 28. The van der Waals surface area contributed by atoms with Gasteiger partial charge in [0, 0.05) is 62.8 Å². The zero-order valence-corrected chi connectivity index (χ0v) is 69.8. The summed E-state index contributed by atoms with van der Waals surface area (Å²) < 4.78 is 6.18. The SMILES string of the molecule is CN(C)CC#Cc1cc(C(C)(C)C)c(O)c2c1C[C@H]1C[C@H]3[C@@H](N(C)C)C(=O)C(C(N)=O)=C(O)[C@@]3(O)C(=O)C1=C2O.CN(C)[C@H]1C(=O)C(C(N)=O)=C(O)[C@@]2(O)C(=O)C3=C(O)c4c(O)ccc(-c5ccc(CN6CCCC6)o5)c4C[C@H]3C[C@@H]12.CN(C)[C@H]1C(=O)C(C(N)=O)=C(O)[C@@]2(O)C(=O)C3=C(O)c4c(O)ccc(-c5ccc(NC(=O)C6CC6)cc5)c4C[C@H]3C[C@@H]12. The molecule has 10 aliphatic carbocycles. The fourth-order valence-electron chi connectivity index (χ4n) is 20.4. The predicted molar refractivity (Wildman–Crippen MR) is 446 cm³/mol. The molecule has 19 N–H and O–H groups in total. The minimum atomic E-state index is -2.68. The quantitative estimate of drug-likeness (QED) is 0.0546. The number of likely N-dealkylation sites (N-methyl/N-ethyl adjacent to an activating group) is 3. The molecule has 32 heteroatoms. The molecule has 4 aromatic carbocycles. The number of fused-ring (bicyclic) bond motifs is 9. The van der Waals surface area contributed by atoms with Crippen LogP contribution in [0.2, 0.25) is 0 Å². The van der Waals surface area contributed by atoms with Gasteiger partial charge in [0.2, 0.25) is 23.3 Å². The zero-order valence-electron chi connectivity index (χ0n) is 69.8. The standard InChI is InChI=1S/C31H31N3O8.C30H33N3O8.C30H37N3O7/c1-34(2)24-19-12-15-11-18-17(13-5-7-16(8-6-13)33-30(41)14-3-4-14)9-10-20(35)22(18)25(36)21(15)27(38)31(19,42)28(39)23(26(24)37)29(32)40;1-32(2)24-18-12-14-11-17-16(20-8-5-15(41-20)13-33-9-3-4-10-33)6-7-19(34)22(17)25(35)21(14)27(37)30(18,40)28(38)23(26(24)36)29(31)39;1-29(2,3)18-12-14(9-8-10-32(4)5)16-11-15-13-17-22(33(6)7)25(36)21(28(31)39)27(38)30(17,40)26(37)19(15)24(35)20(16)23(18)34/h5-10,14-15,19,24,35-36,39,42H,3-4,11-12H2,1-2H3,(H2,32,40)(H,33,41);5-8,14,18,24,34-35,38,40H,3-4,9-13H2,1-2H3,(H2,31,39);12,15,17,22,34-35,38,40H,10-11,13H2,1-7H3,(H2,31,39)/t15-,19-,24+,31-;14-,18-,24+,30-;15-,17-,22+,30-/m000/s1. The summed E-state index contributed by atoms with van der Waals surface area (Å²) in [5, 5.41) is 139. The van der Waals surface area contributed by atoms with Gasteiger partial charge in [-0.3, -0.25) is 72.4 Å². The lowest BCUT2D eigenvalue weighted by Crippen LogP contribution is -2.65. The van der Waals surface area contributed by atoms with Crippen molar-refractivity contribution >= 4 is 81.3 Å². The van der Waals surface area contributed by atoms with E-state index in [2.05, 4.69) is 22.1 Å². The largest absolute Gasteiger partial charge is 0.508 e. The molecule has 0 radical (unpaired) electrons.